The van der Waals surface area contributed by atoms with Gasteiger partial charge in [-0.25, -0.2) is 4.98 Å². The van der Waals surface area contributed by atoms with Gasteiger partial charge in [0.25, 0.3) is 5.69 Å². The first-order valence-electron chi connectivity index (χ1n) is 6.61. The molecule has 1 aromatic carbocycles. The van der Waals surface area contributed by atoms with Crippen molar-refractivity contribution in [1.29, 1.82) is 0 Å². The molecule has 1 aromatic heterocycles. The van der Waals surface area contributed by atoms with Gasteiger partial charge in [-0.1, -0.05) is 0 Å². The second-order valence-corrected chi connectivity index (χ2v) is 5.63. The summed E-state index contributed by atoms with van der Waals surface area (Å²) in [5, 5.41) is 11.1. The molecule has 22 heavy (non-hydrogen) atoms. The van der Waals surface area contributed by atoms with Crippen molar-refractivity contribution in [2.75, 3.05) is 10.6 Å². The number of rotatable bonds is 3. The van der Waals surface area contributed by atoms with Gasteiger partial charge in [0.15, 0.2) is 0 Å². The number of benzene rings is 1. The lowest BCUT2D eigenvalue weighted by Gasteiger charge is -2.18. The lowest BCUT2D eigenvalue weighted by atomic mass is 9.86. The lowest BCUT2D eigenvalue weighted by Crippen LogP contribution is -2.35. The molecule has 1 aliphatic heterocycles. The highest BCUT2D eigenvalue weighted by Crippen LogP contribution is 2.45. The summed E-state index contributed by atoms with van der Waals surface area (Å²) in [5.74, 6) is 0.178. The third kappa shape index (κ3) is 1.92. The number of nitrogen functional groups attached to an aromatic ring is 1. The van der Waals surface area contributed by atoms with Crippen LogP contribution in [0.3, 0.4) is 0 Å². The normalized spacial score (nSPS) is 15.9. The van der Waals surface area contributed by atoms with Gasteiger partial charge in [-0.3, -0.25) is 14.9 Å². The largest absolute Gasteiger partial charge is 0.447 e. The number of nitro groups is 1. The van der Waals surface area contributed by atoms with E-state index in [0.717, 1.165) is 0 Å². The third-order valence-corrected chi connectivity index (χ3v) is 3.86. The predicted octanol–water partition coefficient (Wildman–Crippen LogP) is 1.99. The second-order valence-electron chi connectivity index (χ2n) is 5.63. The van der Waals surface area contributed by atoms with Crippen molar-refractivity contribution >= 4 is 23.0 Å². The Morgan fingerprint density at radius 2 is 2.18 bits per heavy atom. The summed E-state index contributed by atoms with van der Waals surface area (Å²) in [7, 11) is 0. The van der Waals surface area contributed by atoms with Crippen molar-refractivity contribution in [1.82, 2.24) is 4.98 Å². The smallest absolute Gasteiger partial charge is 0.294 e. The molecule has 0 atom stereocenters. The molecule has 2 aromatic rings. The van der Waals surface area contributed by atoms with E-state index in [1.165, 1.54) is 29.5 Å². The molecule has 8 heteroatoms. The molecule has 0 spiro atoms. The van der Waals surface area contributed by atoms with Gasteiger partial charge in [-0.2, -0.15) is 0 Å². The highest BCUT2D eigenvalue weighted by atomic mass is 16.6. The van der Waals surface area contributed by atoms with Gasteiger partial charge in [0.05, 0.1) is 22.2 Å². The molecule has 2 N–H and O–H groups in total. The van der Waals surface area contributed by atoms with E-state index in [1.807, 2.05) is 0 Å². The zero-order valence-electron chi connectivity index (χ0n) is 12.1. The number of hydrogen-bond acceptors (Lipinski definition) is 6. The number of carbonyl (C=O) groups is 1. The fraction of sp³-hybridized carbons (Fsp3) is 0.286. The highest BCUT2D eigenvalue weighted by Gasteiger charge is 2.45. The molecule has 0 radical (unpaired) electrons. The minimum atomic E-state index is -0.814. The molecule has 0 fully saturated rings. The number of aromatic nitrogens is 1. The summed E-state index contributed by atoms with van der Waals surface area (Å²) in [6.07, 6.45) is 2.89. The van der Waals surface area contributed by atoms with Crippen LogP contribution in [-0.4, -0.2) is 15.8 Å². The van der Waals surface area contributed by atoms with Crippen molar-refractivity contribution in [2.24, 2.45) is 0 Å². The van der Waals surface area contributed by atoms with Gasteiger partial charge in [-0.05, 0) is 25.5 Å². The molecule has 0 saturated carbocycles. The number of nitrogens with zero attached hydrogens (tertiary/aromatic N) is 3. The van der Waals surface area contributed by atoms with Crippen LogP contribution in [0.4, 0.5) is 17.1 Å². The van der Waals surface area contributed by atoms with E-state index in [-0.39, 0.29) is 23.8 Å². The van der Waals surface area contributed by atoms with Crippen molar-refractivity contribution in [3.63, 3.8) is 0 Å². The van der Waals surface area contributed by atoms with Gasteiger partial charge < -0.3 is 15.1 Å². The topological polar surface area (TPSA) is 116 Å². The monoisotopic (exact) mass is 302 g/mol. The second kappa shape index (κ2) is 4.55. The van der Waals surface area contributed by atoms with Crippen LogP contribution in [0.25, 0.3) is 0 Å². The van der Waals surface area contributed by atoms with E-state index in [0.29, 0.717) is 17.1 Å². The molecule has 8 nitrogen and oxygen atoms in total. The van der Waals surface area contributed by atoms with E-state index < -0.39 is 10.3 Å². The van der Waals surface area contributed by atoms with E-state index in [4.69, 9.17) is 10.2 Å². The number of amides is 1. The maximum atomic E-state index is 12.6. The molecule has 0 saturated heterocycles. The Balaban J connectivity index is 2.14. The minimum Gasteiger partial charge on any atom is -0.447 e. The average Bonchev–Trinajstić information content (AvgIpc) is 3.01. The van der Waals surface area contributed by atoms with E-state index >= 15 is 0 Å². The number of anilines is 2. The summed E-state index contributed by atoms with van der Waals surface area (Å²) in [6.45, 7) is 3.63. The predicted molar refractivity (Wildman–Crippen MR) is 78.2 cm³/mol. The summed E-state index contributed by atoms with van der Waals surface area (Å²) in [4.78, 5) is 28.6. The van der Waals surface area contributed by atoms with Gasteiger partial charge >= 0.3 is 0 Å². The van der Waals surface area contributed by atoms with Gasteiger partial charge in [-0.15, -0.1) is 0 Å². The van der Waals surface area contributed by atoms with Crippen molar-refractivity contribution in [3.8, 4) is 0 Å². The van der Waals surface area contributed by atoms with Gasteiger partial charge in [0, 0.05) is 6.07 Å². The van der Waals surface area contributed by atoms with Crippen molar-refractivity contribution in [3.05, 3.63) is 46.2 Å². The molecule has 1 aliphatic rings. The van der Waals surface area contributed by atoms with Crippen LogP contribution < -0.4 is 10.6 Å². The van der Waals surface area contributed by atoms with E-state index in [1.54, 1.807) is 13.8 Å². The van der Waals surface area contributed by atoms with Gasteiger partial charge in [0.1, 0.15) is 18.5 Å². The number of carbonyl (C=O) groups excluding carboxylic acids is 1. The fourth-order valence-corrected chi connectivity index (χ4v) is 2.66. The van der Waals surface area contributed by atoms with Crippen LogP contribution in [0.5, 0.6) is 0 Å². The molecule has 3 rings (SSSR count). The van der Waals surface area contributed by atoms with Crippen LogP contribution in [0, 0.1) is 10.1 Å². The summed E-state index contributed by atoms with van der Waals surface area (Å²) >= 11 is 0. The minimum absolute atomic E-state index is 0.0441. The quantitative estimate of drug-likeness (QED) is 0.526. The van der Waals surface area contributed by atoms with Crippen molar-refractivity contribution in [2.45, 2.75) is 25.8 Å². The van der Waals surface area contributed by atoms with Gasteiger partial charge in [0.2, 0.25) is 11.8 Å². The highest BCUT2D eigenvalue weighted by molar-refractivity contribution is 6.08. The lowest BCUT2D eigenvalue weighted by molar-refractivity contribution is -0.383. The summed E-state index contributed by atoms with van der Waals surface area (Å²) in [5.41, 5.74) is 5.88. The van der Waals surface area contributed by atoms with Crippen LogP contribution in [0.1, 0.15) is 25.3 Å². The first-order valence-corrected chi connectivity index (χ1v) is 6.61. The summed E-state index contributed by atoms with van der Waals surface area (Å²) < 4.78 is 5.16. The Morgan fingerprint density at radius 1 is 1.45 bits per heavy atom. The number of fused-ring (bicyclic) bond motifs is 1. The maximum absolute atomic E-state index is 12.6. The Morgan fingerprint density at radius 3 is 2.77 bits per heavy atom. The molecule has 1 amide bonds. The number of nitrogens with two attached hydrogens (primary N) is 1. The van der Waals surface area contributed by atoms with Crippen LogP contribution >= 0.6 is 0 Å². The number of nitro benzene ring substituents is 1. The molecule has 114 valence electrons. The molecule has 0 aliphatic carbocycles. The third-order valence-electron chi connectivity index (χ3n) is 3.86. The number of oxazole rings is 1. The molecular weight excluding hydrogens is 288 g/mol. The Hall–Kier alpha value is -2.90. The first-order chi connectivity index (χ1) is 10.3. The standard InChI is InChI=1S/C14H14N4O4/c1-14(2)8-5-9(15)11(18(20)21)6-10(8)17(13(14)19)7-12-16-3-4-22-12/h3-6H,7,15H2,1-2H3. The zero-order chi connectivity index (χ0) is 16.1. The Labute approximate surface area is 125 Å². The zero-order valence-corrected chi connectivity index (χ0v) is 12.1. The van der Waals surface area contributed by atoms with E-state index in [9.17, 15) is 14.9 Å². The summed E-state index contributed by atoms with van der Waals surface area (Å²) in [6, 6.07) is 2.83. The van der Waals surface area contributed by atoms with Crippen LogP contribution in [-0.2, 0) is 16.8 Å². The Bertz CT molecular complexity index is 767. The van der Waals surface area contributed by atoms with Crippen LogP contribution in [0.2, 0.25) is 0 Å². The Kier molecular flexibility index (Phi) is 2.91. The average molecular weight is 302 g/mol. The first kappa shape index (κ1) is 14.1. The van der Waals surface area contributed by atoms with E-state index in [2.05, 4.69) is 4.98 Å². The molecular formula is C14H14N4O4. The SMILES string of the molecule is CC1(C)C(=O)N(Cc2ncco2)c2cc([N+](=O)[O-])c(N)cc21. The molecule has 0 bridgehead atoms. The molecule has 2 heterocycles. The van der Waals surface area contributed by atoms with Crippen LogP contribution in [0.15, 0.2) is 29.0 Å². The molecule has 0 unspecified atom stereocenters. The maximum Gasteiger partial charge on any atom is 0.294 e. The van der Waals surface area contributed by atoms with Crippen molar-refractivity contribution < 1.29 is 14.1 Å². The number of hydrogen-bond donors (Lipinski definition) is 1. The fourth-order valence-electron chi connectivity index (χ4n) is 2.66.